The summed E-state index contributed by atoms with van der Waals surface area (Å²) in [5.41, 5.74) is 5.46. The van der Waals surface area contributed by atoms with Crippen molar-refractivity contribution in [3.05, 3.63) is 41.6 Å². The van der Waals surface area contributed by atoms with E-state index in [1.54, 1.807) is 0 Å². The van der Waals surface area contributed by atoms with Gasteiger partial charge in [-0.15, -0.1) is 0 Å². The van der Waals surface area contributed by atoms with Gasteiger partial charge in [-0.1, -0.05) is 5.16 Å². The van der Waals surface area contributed by atoms with Gasteiger partial charge >= 0.3 is 0 Å². The third-order valence-corrected chi connectivity index (χ3v) is 2.28. The number of pyridine rings is 1. The molecular weight excluding hydrogens is 253 g/mol. The highest BCUT2D eigenvalue weighted by Crippen LogP contribution is 2.03. The van der Waals surface area contributed by atoms with Crippen molar-refractivity contribution >= 4 is 5.91 Å². The molecule has 3 N–H and O–H groups in total. The molecule has 0 unspecified atom stereocenters. The Labute approximate surface area is 108 Å². The molecule has 0 aromatic carbocycles. The number of nitrogens with one attached hydrogen (secondary N) is 1. The highest BCUT2D eigenvalue weighted by Gasteiger charge is 2.14. The summed E-state index contributed by atoms with van der Waals surface area (Å²) in [7, 11) is 0. The lowest BCUT2D eigenvalue weighted by Gasteiger charge is -2.02. The number of carbonyl (C=O) groups is 1. The third-order valence-electron chi connectivity index (χ3n) is 2.28. The van der Waals surface area contributed by atoms with Crippen molar-refractivity contribution in [1.82, 2.24) is 20.4 Å². The number of carbonyl (C=O) groups excluding carboxylic acids is 1. The molecule has 0 saturated carbocycles. The van der Waals surface area contributed by atoms with Crippen LogP contribution in [0.5, 0.6) is 0 Å². The monoisotopic (exact) mass is 265 g/mol. The van der Waals surface area contributed by atoms with E-state index in [0.717, 1.165) is 0 Å². The standard InChI is InChI=1S/C11H12FN5O2/c12-7-2-1-5-14-8(7)6-15-11(18)10-16-9(3-4-13)19-17-10/h1-2,5H,3-4,6,13H2,(H,15,18). The normalized spacial score (nSPS) is 10.4. The third kappa shape index (κ3) is 3.32. The van der Waals surface area contributed by atoms with Crippen molar-refractivity contribution in [3.8, 4) is 0 Å². The van der Waals surface area contributed by atoms with Gasteiger partial charge in [-0.25, -0.2) is 4.39 Å². The molecule has 0 fully saturated rings. The molecule has 0 spiro atoms. The number of hydrogen-bond donors (Lipinski definition) is 2. The van der Waals surface area contributed by atoms with Crippen molar-refractivity contribution in [3.63, 3.8) is 0 Å². The minimum atomic E-state index is -0.558. The van der Waals surface area contributed by atoms with E-state index < -0.39 is 11.7 Å². The Morgan fingerprint density at radius 2 is 2.37 bits per heavy atom. The minimum absolute atomic E-state index is 0.0493. The summed E-state index contributed by atoms with van der Waals surface area (Å²) >= 11 is 0. The first-order valence-corrected chi connectivity index (χ1v) is 5.61. The second kappa shape index (κ2) is 6.01. The lowest BCUT2D eigenvalue weighted by Crippen LogP contribution is -2.25. The number of halogens is 1. The molecule has 0 saturated heterocycles. The van der Waals surface area contributed by atoms with E-state index in [1.165, 1.54) is 18.3 Å². The molecule has 0 atom stereocenters. The first-order valence-electron chi connectivity index (χ1n) is 5.61. The van der Waals surface area contributed by atoms with Crippen LogP contribution in [0.25, 0.3) is 0 Å². The highest BCUT2D eigenvalue weighted by atomic mass is 19.1. The van der Waals surface area contributed by atoms with E-state index in [1.807, 2.05) is 0 Å². The maximum absolute atomic E-state index is 13.3. The summed E-state index contributed by atoms with van der Waals surface area (Å²) in [5, 5.41) is 5.96. The zero-order valence-corrected chi connectivity index (χ0v) is 9.97. The molecule has 2 heterocycles. The Kier molecular flexibility index (Phi) is 4.14. The molecule has 2 aromatic heterocycles. The second-order valence-electron chi connectivity index (χ2n) is 3.66. The van der Waals surface area contributed by atoms with Crippen LogP contribution in [0.2, 0.25) is 0 Å². The highest BCUT2D eigenvalue weighted by molar-refractivity contribution is 5.90. The fourth-order valence-electron chi connectivity index (χ4n) is 1.36. The van der Waals surface area contributed by atoms with Crippen LogP contribution < -0.4 is 11.1 Å². The average Bonchev–Trinajstić information content (AvgIpc) is 2.87. The second-order valence-corrected chi connectivity index (χ2v) is 3.66. The van der Waals surface area contributed by atoms with E-state index in [4.69, 9.17) is 10.3 Å². The van der Waals surface area contributed by atoms with Crippen LogP contribution in [-0.4, -0.2) is 27.6 Å². The average molecular weight is 265 g/mol. The molecule has 8 heteroatoms. The van der Waals surface area contributed by atoms with E-state index in [9.17, 15) is 9.18 Å². The Morgan fingerprint density at radius 3 is 3.11 bits per heavy atom. The summed E-state index contributed by atoms with van der Waals surface area (Å²) in [6.07, 6.45) is 1.84. The Hall–Kier alpha value is -2.35. The van der Waals surface area contributed by atoms with Crippen LogP contribution in [0.15, 0.2) is 22.9 Å². The van der Waals surface area contributed by atoms with Gasteiger partial charge in [0.1, 0.15) is 5.82 Å². The summed E-state index contributed by atoms with van der Waals surface area (Å²) < 4.78 is 18.1. The number of nitrogens with zero attached hydrogens (tertiary/aromatic N) is 3. The summed E-state index contributed by atoms with van der Waals surface area (Å²) in [6, 6.07) is 2.74. The summed E-state index contributed by atoms with van der Waals surface area (Å²) in [5.74, 6) is -0.867. The first kappa shape index (κ1) is 13.1. The van der Waals surface area contributed by atoms with Crippen LogP contribution in [0.3, 0.4) is 0 Å². The predicted molar refractivity (Wildman–Crippen MR) is 62.4 cm³/mol. The number of aromatic nitrogens is 3. The van der Waals surface area contributed by atoms with E-state index in [-0.39, 0.29) is 24.0 Å². The van der Waals surface area contributed by atoms with Gasteiger partial charge in [0.15, 0.2) is 0 Å². The molecule has 0 aliphatic heterocycles. The molecule has 0 aliphatic rings. The fourth-order valence-corrected chi connectivity index (χ4v) is 1.36. The maximum atomic E-state index is 13.3. The van der Waals surface area contributed by atoms with Crippen molar-refractivity contribution in [1.29, 1.82) is 0 Å². The van der Waals surface area contributed by atoms with Crippen LogP contribution in [0.4, 0.5) is 4.39 Å². The topological polar surface area (TPSA) is 107 Å². The van der Waals surface area contributed by atoms with Crippen LogP contribution in [0, 0.1) is 5.82 Å². The Bertz CT molecular complexity index is 572. The van der Waals surface area contributed by atoms with Crippen molar-refractivity contribution in [2.45, 2.75) is 13.0 Å². The minimum Gasteiger partial charge on any atom is -0.343 e. The predicted octanol–water partition coefficient (Wildman–Crippen LogP) is 0.0349. The van der Waals surface area contributed by atoms with Crippen molar-refractivity contribution < 1.29 is 13.7 Å². The van der Waals surface area contributed by atoms with E-state index in [2.05, 4.69) is 20.4 Å². The molecular formula is C11H12FN5O2. The molecule has 19 heavy (non-hydrogen) atoms. The number of nitrogens with two attached hydrogens (primary N) is 1. The van der Waals surface area contributed by atoms with Crippen molar-refractivity contribution in [2.75, 3.05) is 6.54 Å². The van der Waals surface area contributed by atoms with Gasteiger partial charge in [-0.05, 0) is 12.1 Å². The summed E-state index contributed by atoms with van der Waals surface area (Å²) in [4.78, 5) is 19.3. The van der Waals surface area contributed by atoms with Gasteiger partial charge < -0.3 is 15.6 Å². The maximum Gasteiger partial charge on any atom is 0.293 e. The first-order chi connectivity index (χ1) is 9.20. The number of rotatable bonds is 5. The van der Waals surface area contributed by atoms with Gasteiger partial charge in [0.25, 0.3) is 11.7 Å². The van der Waals surface area contributed by atoms with Crippen LogP contribution in [-0.2, 0) is 13.0 Å². The molecule has 100 valence electrons. The summed E-state index contributed by atoms with van der Waals surface area (Å²) in [6.45, 7) is 0.300. The number of amides is 1. The lowest BCUT2D eigenvalue weighted by molar-refractivity contribution is 0.0936. The smallest absolute Gasteiger partial charge is 0.293 e. The van der Waals surface area contributed by atoms with Gasteiger partial charge in [0.2, 0.25) is 5.89 Å². The van der Waals surface area contributed by atoms with Gasteiger partial charge in [-0.3, -0.25) is 9.78 Å². The van der Waals surface area contributed by atoms with E-state index in [0.29, 0.717) is 13.0 Å². The Morgan fingerprint density at radius 1 is 1.53 bits per heavy atom. The van der Waals surface area contributed by atoms with Crippen LogP contribution in [0.1, 0.15) is 22.2 Å². The largest absolute Gasteiger partial charge is 0.343 e. The van der Waals surface area contributed by atoms with Gasteiger partial charge in [0, 0.05) is 19.2 Å². The van der Waals surface area contributed by atoms with Crippen LogP contribution >= 0.6 is 0 Å². The molecule has 2 aromatic rings. The van der Waals surface area contributed by atoms with Crippen molar-refractivity contribution in [2.24, 2.45) is 5.73 Å². The zero-order chi connectivity index (χ0) is 13.7. The Balaban J connectivity index is 1.95. The van der Waals surface area contributed by atoms with Gasteiger partial charge in [0.05, 0.1) is 12.2 Å². The molecule has 0 bridgehead atoms. The quantitative estimate of drug-likeness (QED) is 0.790. The SMILES string of the molecule is NCCc1nc(C(=O)NCc2ncccc2F)no1. The fraction of sp³-hybridized carbons (Fsp3) is 0.273. The molecule has 2 rings (SSSR count). The molecule has 0 radical (unpaired) electrons. The van der Waals surface area contributed by atoms with E-state index >= 15 is 0 Å². The molecule has 1 amide bonds. The van der Waals surface area contributed by atoms with Gasteiger partial charge in [-0.2, -0.15) is 4.98 Å². The molecule has 0 aliphatic carbocycles. The number of hydrogen-bond acceptors (Lipinski definition) is 6. The lowest BCUT2D eigenvalue weighted by atomic mass is 10.3. The zero-order valence-electron chi connectivity index (χ0n) is 9.97. The molecule has 7 nitrogen and oxygen atoms in total.